The molecule has 0 saturated carbocycles. The number of ether oxygens (including phenoxy) is 1. The average Bonchev–Trinajstić information content (AvgIpc) is 2.57. The highest BCUT2D eigenvalue weighted by Crippen LogP contribution is 2.36. The molecule has 1 N–H and O–H groups in total. The monoisotopic (exact) mass is 220 g/mol. The highest BCUT2D eigenvalue weighted by Gasteiger charge is 2.46. The van der Waals surface area contributed by atoms with E-state index in [2.05, 4.69) is 0 Å². The maximum absolute atomic E-state index is 11.5. The number of carbonyl (C=O) groups is 2. The zero-order valence-electron chi connectivity index (χ0n) is 8.84. The van der Waals surface area contributed by atoms with Crippen LogP contribution in [0.2, 0.25) is 0 Å². The van der Waals surface area contributed by atoms with E-state index >= 15 is 0 Å². The van der Waals surface area contributed by atoms with E-state index in [0.29, 0.717) is 0 Å². The van der Waals surface area contributed by atoms with Gasteiger partial charge in [-0.15, -0.1) is 0 Å². The van der Waals surface area contributed by atoms with E-state index in [1.54, 1.807) is 6.92 Å². The molecule has 0 amide bonds. The number of ketones is 1. The number of hydrogen-bond acceptors (Lipinski definition) is 3. The first-order valence-electron chi connectivity index (χ1n) is 5.02. The lowest BCUT2D eigenvalue weighted by Gasteiger charge is -2.23. The van der Waals surface area contributed by atoms with Gasteiger partial charge in [-0.05, 0) is 12.5 Å². The number of carboxylic acids is 1. The Hall–Kier alpha value is -1.68. The molecule has 1 aromatic carbocycles. The zero-order valence-corrected chi connectivity index (χ0v) is 8.84. The van der Waals surface area contributed by atoms with Crippen LogP contribution in [-0.2, 0) is 19.9 Å². The average molecular weight is 220 g/mol. The fourth-order valence-corrected chi connectivity index (χ4v) is 1.94. The number of benzene rings is 1. The molecule has 0 aromatic heterocycles. The second-order valence-electron chi connectivity index (χ2n) is 4.08. The van der Waals surface area contributed by atoms with Gasteiger partial charge in [-0.25, -0.2) is 4.79 Å². The van der Waals surface area contributed by atoms with Crippen molar-refractivity contribution in [3.05, 3.63) is 35.9 Å². The molecular formula is C12H12O4. The normalized spacial score (nSPS) is 29.3. The molecule has 84 valence electrons. The van der Waals surface area contributed by atoms with Crippen molar-refractivity contribution in [2.45, 2.75) is 25.0 Å². The number of carbonyl (C=O) groups excluding carboxylic acids is 1. The van der Waals surface area contributed by atoms with E-state index in [-0.39, 0.29) is 12.2 Å². The molecule has 0 radical (unpaired) electrons. The van der Waals surface area contributed by atoms with E-state index in [0.717, 1.165) is 5.56 Å². The van der Waals surface area contributed by atoms with Crippen LogP contribution in [0.25, 0.3) is 0 Å². The van der Waals surface area contributed by atoms with Crippen LogP contribution in [-0.4, -0.2) is 23.0 Å². The summed E-state index contributed by atoms with van der Waals surface area (Å²) in [5.74, 6) is -1.59. The summed E-state index contributed by atoms with van der Waals surface area (Å²) in [6, 6.07) is 9.19. The maximum Gasteiger partial charge on any atom is 0.340 e. The number of Topliss-reactive ketones (excluding diaryl/α,β-unsaturated/α-hetero) is 1. The molecule has 2 unspecified atom stereocenters. The van der Waals surface area contributed by atoms with Gasteiger partial charge in [0.1, 0.15) is 0 Å². The van der Waals surface area contributed by atoms with Crippen LogP contribution in [0.3, 0.4) is 0 Å². The summed E-state index contributed by atoms with van der Waals surface area (Å²) in [7, 11) is 0. The largest absolute Gasteiger partial charge is 0.479 e. The molecule has 1 aliphatic heterocycles. The summed E-state index contributed by atoms with van der Waals surface area (Å²) in [5, 5.41) is 8.82. The summed E-state index contributed by atoms with van der Waals surface area (Å²) in [5.41, 5.74) is 0.00796. The molecule has 1 fully saturated rings. The van der Waals surface area contributed by atoms with Crippen molar-refractivity contribution >= 4 is 11.8 Å². The van der Waals surface area contributed by atoms with Crippen LogP contribution in [0.5, 0.6) is 0 Å². The highest BCUT2D eigenvalue weighted by molar-refractivity contribution is 6.03. The van der Waals surface area contributed by atoms with Crippen LogP contribution in [0.1, 0.15) is 18.9 Å². The van der Waals surface area contributed by atoms with Gasteiger partial charge < -0.3 is 9.84 Å². The van der Waals surface area contributed by atoms with Crippen LogP contribution in [0, 0.1) is 0 Å². The molecule has 0 aliphatic carbocycles. The number of aliphatic carboxylic acids is 1. The Kier molecular flexibility index (Phi) is 2.52. The Morgan fingerprint density at radius 3 is 2.56 bits per heavy atom. The molecule has 4 nitrogen and oxygen atoms in total. The zero-order chi connectivity index (χ0) is 11.8. The summed E-state index contributed by atoms with van der Waals surface area (Å²) >= 11 is 0. The van der Waals surface area contributed by atoms with Gasteiger partial charge >= 0.3 is 5.97 Å². The minimum Gasteiger partial charge on any atom is -0.479 e. The molecule has 2 atom stereocenters. The number of carboxylic acid groups (broad SMARTS) is 1. The van der Waals surface area contributed by atoms with Crippen LogP contribution in [0.4, 0.5) is 0 Å². The van der Waals surface area contributed by atoms with Crippen LogP contribution in [0.15, 0.2) is 30.3 Å². The Balaban J connectivity index is 2.30. The van der Waals surface area contributed by atoms with E-state index < -0.39 is 17.7 Å². The van der Waals surface area contributed by atoms with Gasteiger partial charge in [-0.2, -0.15) is 0 Å². The maximum atomic E-state index is 11.5. The molecule has 0 bridgehead atoms. The third kappa shape index (κ3) is 1.72. The lowest BCUT2D eigenvalue weighted by atomic mass is 9.92. The first-order chi connectivity index (χ1) is 7.53. The molecule has 1 saturated heterocycles. The molecule has 2 rings (SSSR count). The minimum absolute atomic E-state index is 0.105. The van der Waals surface area contributed by atoms with Gasteiger partial charge in [0.2, 0.25) is 6.10 Å². The fourth-order valence-electron chi connectivity index (χ4n) is 1.94. The Bertz CT molecular complexity index is 426. The third-order valence-electron chi connectivity index (χ3n) is 2.79. The quantitative estimate of drug-likeness (QED) is 0.764. The smallest absolute Gasteiger partial charge is 0.340 e. The Morgan fingerprint density at radius 1 is 1.44 bits per heavy atom. The molecule has 4 heteroatoms. The molecule has 1 aromatic rings. The first kappa shape index (κ1) is 10.8. The van der Waals surface area contributed by atoms with E-state index in [1.165, 1.54) is 0 Å². The summed E-state index contributed by atoms with van der Waals surface area (Å²) in [6.45, 7) is 1.74. The third-order valence-corrected chi connectivity index (χ3v) is 2.79. The Labute approximate surface area is 92.8 Å². The van der Waals surface area contributed by atoms with Crippen molar-refractivity contribution in [1.29, 1.82) is 0 Å². The van der Waals surface area contributed by atoms with Gasteiger partial charge in [0, 0.05) is 6.42 Å². The van der Waals surface area contributed by atoms with Gasteiger partial charge in [-0.3, -0.25) is 4.79 Å². The standard InChI is InChI=1S/C12H12O4/c1-12(8-5-3-2-4-6-8)7-9(13)10(16-12)11(14)15/h2-6,10H,7H2,1H3,(H,14,15). The van der Waals surface area contributed by atoms with Crippen molar-refractivity contribution < 1.29 is 19.4 Å². The second kappa shape index (κ2) is 3.72. The van der Waals surface area contributed by atoms with Crippen molar-refractivity contribution in [3.8, 4) is 0 Å². The predicted molar refractivity (Wildman–Crippen MR) is 55.9 cm³/mol. The Morgan fingerprint density at radius 2 is 2.06 bits per heavy atom. The molecule has 1 aliphatic rings. The summed E-state index contributed by atoms with van der Waals surface area (Å²) in [6.07, 6.45) is -1.22. The van der Waals surface area contributed by atoms with E-state index in [1.807, 2.05) is 30.3 Å². The minimum atomic E-state index is -1.33. The molecular weight excluding hydrogens is 208 g/mol. The lowest BCUT2D eigenvalue weighted by molar-refractivity contribution is -0.156. The highest BCUT2D eigenvalue weighted by atomic mass is 16.5. The van der Waals surface area contributed by atoms with Crippen molar-refractivity contribution in [3.63, 3.8) is 0 Å². The first-order valence-corrected chi connectivity index (χ1v) is 5.02. The van der Waals surface area contributed by atoms with Crippen LogP contribution < -0.4 is 0 Å². The van der Waals surface area contributed by atoms with Crippen molar-refractivity contribution in [1.82, 2.24) is 0 Å². The van der Waals surface area contributed by atoms with Crippen molar-refractivity contribution in [2.75, 3.05) is 0 Å². The SMILES string of the molecule is CC1(c2ccccc2)CC(=O)C(C(=O)O)O1. The number of hydrogen-bond donors (Lipinski definition) is 1. The van der Waals surface area contributed by atoms with Gasteiger partial charge in [0.05, 0.1) is 5.60 Å². The van der Waals surface area contributed by atoms with Gasteiger partial charge in [0.25, 0.3) is 0 Å². The molecule has 16 heavy (non-hydrogen) atoms. The molecule has 1 heterocycles. The van der Waals surface area contributed by atoms with Gasteiger partial charge in [0.15, 0.2) is 5.78 Å². The van der Waals surface area contributed by atoms with Crippen molar-refractivity contribution in [2.24, 2.45) is 0 Å². The van der Waals surface area contributed by atoms with Gasteiger partial charge in [-0.1, -0.05) is 30.3 Å². The van der Waals surface area contributed by atoms with E-state index in [4.69, 9.17) is 9.84 Å². The van der Waals surface area contributed by atoms with Crippen LogP contribution >= 0.6 is 0 Å². The van der Waals surface area contributed by atoms with E-state index in [9.17, 15) is 9.59 Å². The second-order valence-corrected chi connectivity index (χ2v) is 4.08. The predicted octanol–water partition coefficient (Wildman–Crippen LogP) is 1.34. The summed E-state index contributed by atoms with van der Waals surface area (Å²) < 4.78 is 5.36. The molecule has 0 spiro atoms. The number of rotatable bonds is 2. The topological polar surface area (TPSA) is 63.6 Å². The lowest BCUT2D eigenvalue weighted by Crippen LogP contribution is -2.28. The fraction of sp³-hybridized carbons (Fsp3) is 0.333. The summed E-state index contributed by atoms with van der Waals surface area (Å²) in [4.78, 5) is 22.3.